The molecule has 232 valence electrons. The van der Waals surface area contributed by atoms with Crippen LogP contribution in [0.3, 0.4) is 0 Å². The van der Waals surface area contributed by atoms with E-state index in [0.29, 0.717) is 13.0 Å². The van der Waals surface area contributed by atoms with Gasteiger partial charge in [0.25, 0.3) is 0 Å². The monoisotopic (exact) mass is 603 g/mol. The number of carbonyl (C=O) groups excluding carboxylic acids is 2. The summed E-state index contributed by atoms with van der Waals surface area (Å²) in [5.41, 5.74) is 12.9. The maximum Gasteiger partial charge on any atom is 0.240 e. The number of phenols is 1. The molecule has 2 amide bonds. The number of aromatic nitrogens is 3. The van der Waals surface area contributed by atoms with Crippen molar-refractivity contribution < 1.29 is 14.7 Å². The Bertz CT molecular complexity index is 1770. The van der Waals surface area contributed by atoms with Crippen molar-refractivity contribution in [1.82, 2.24) is 20.1 Å². The van der Waals surface area contributed by atoms with Crippen LogP contribution in [0.2, 0.25) is 0 Å². The number of amides is 2. The summed E-state index contributed by atoms with van der Waals surface area (Å²) in [4.78, 5) is 29.2. The topological polar surface area (TPSA) is 123 Å². The summed E-state index contributed by atoms with van der Waals surface area (Å²) in [6.45, 7) is 7.28. The second-order valence-corrected chi connectivity index (χ2v) is 12.6. The lowest BCUT2D eigenvalue weighted by atomic mass is 9.87. The number of hydrogen-bond donors (Lipinski definition) is 3. The Morgan fingerprint density at radius 1 is 0.933 bits per heavy atom. The Kier molecular flexibility index (Phi) is 9.62. The number of phenolic OH excluding ortho intramolecular Hbond substituents is 1. The maximum absolute atomic E-state index is 12.7. The van der Waals surface area contributed by atoms with Crippen LogP contribution >= 0.6 is 0 Å². The first-order chi connectivity index (χ1) is 21.5. The predicted molar refractivity (Wildman–Crippen MR) is 178 cm³/mol. The summed E-state index contributed by atoms with van der Waals surface area (Å²) in [7, 11) is 0. The van der Waals surface area contributed by atoms with E-state index in [-0.39, 0.29) is 29.9 Å². The zero-order valence-electron chi connectivity index (χ0n) is 26.2. The van der Waals surface area contributed by atoms with Crippen molar-refractivity contribution in [2.24, 2.45) is 5.73 Å². The van der Waals surface area contributed by atoms with Crippen molar-refractivity contribution in [2.75, 3.05) is 0 Å². The van der Waals surface area contributed by atoms with E-state index in [0.717, 1.165) is 46.3 Å². The molecule has 0 aliphatic carbocycles. The summed E-state index contributed by atoms with van der Waals surface area (Å²) >= 11 is 0. The molecule has 0 unspecified atom stereocenters. The highest BCUT2D eigenvalue weighted by Crippen LogP contribution is 2.26. The molecule has 1 atom stereocenters. The van der Waals surface area contributed by atoms with Crippen molar-refractivity contribution in [3.63, 3.8) is 0 Å². The first-order valence-electron chi connectivity index (χ1n) is 15.4. The Morgan fingerprint density at radius 3 is 2.38 bits per heavy atom. The lowest BCUT2D eigenvalue weighted by Crippen LogP contribution is -2.45. The fraction of sp³-hybridized carbons (Fsp3) is 0.297. The Labute approximate surface area is 264 Å². The number of fused-ring (bicyclic) bond motifs is 1. The minimum absolute atomic E-state index is 0.0861. The molecule has 0 aliphatic heterocycles. The number of aromatic hydroxyl groups is 1. The number of benzene rings is 3. The smallest absolute Gasteiger partial charge is 0.240 e. The second kappa shape index (κ2) is 13.8. The standard InChI is InChI=1S/C37H41N5O3/c1-37(2,3)29-15-10-26(11-16-29)24-42-30(23-33(41-42)28-14-19-32-27(22-28)7-6-20-39-32)8-4-5-9-35(44)40-34(36(38)45)21-25-12-17-31(43)18-13-25/h6-7,10-20,22-23,34,43H,4-5,8-9,21,24H2,1-3H3,(H2,38,45)(H,40,44)/t34-/m0/s1. The fourth-order valence-corrected chi connectivity index (χ4v) is 5.40. The molecule has 0 bridgehead atoms. The van der Waals surface area contributed by atoms with E-state index in [9.17, 15) is 14.7 Å². The Morgan fingerprint density at radius 2 is 1.67 bits per heavy atom. The SMILES string of the molecule is CC(C)(C)c1ccc(Cn2nc(-c3ccc4ncccc4c3)cc2CCCCC(=O)N[C@@H](Cc2ccc(O)cc2)C(N)=O)cc1. The fourth-order valence-electron chi connectivity index (χ4n) is 5.40. The van der Waals surface area contributed by atoms with Crippen LogP contribution in [0.1, 0.15) is 62.4 Å². The average Bonchev–Trinajstić information content (AvgIpc) is 3.41. The lowest BCUT2D eigenvalue weighted by molar-refractivity contribution is -0.127. The van der Waals surface area contributed by atoms with E-state index < -0.39 is 11.9 Å². The molecule has 0 radical (unpaired) electrons. The van der Waals surface area contributed by atoms with Crippen LogP contribution < -0.4 is 11.1 Å². The van der Waals surface area contributed by atoms with Crippen molar-refractivity contribution in [3.05, 3.63) is 114 Å². The third kappa shape index (κ3) is 8.35. The van der Waals surface area contributed by atoms with Gasteiger partial charge in [0.05, 0.1) is 17.8 Å². The van der Waals surface area contributed by atoms with Gasteiger partial charge in [0, 0.05) is 35.7 Å². The highest BCUT2D eigenvalue weighted by Gasteiger charge is 2.19. The number of hydrogen-bond acceptors (Lipinski definition) is 5. The first-order valence-corrected chi connectivity index (χ1v) is 15.4. The molecule has 2 heterocycles. The van der Waals surface area contributed by atoms with Crippen LogP contribution in [-0.4, -0.2) is 37.7 Å². The summed E-state index contributed by atoms with van der Waals surface area (Å²) in [6.07, 6.45) is 4.53. The van der Waals surface area contributed by atoms with Crippen LogP contribution in [0.4, 0.5) is 0 Å². The largest absolute Gasteiger partial charge is 0.508 e. The van der Waals surface area contributed by atoms with Gasteiger partial charge in [0.2, 0.25) is 11.8 Å². The second-order valence-electron chi connectivity index (χ2n) is 12.6. The normalized spacial score (nSPS) is 12.2. The minimum Gasteiger partial charge on any atom is -0.508 e. The van der Waals surface area contributed by atoms with E-state index in [2.05, 4.69) is 84.3 Å². The summed E-state index contributed by atoms with van der Waals surface area (Å²) in [5.74, 6) is -0.664. The summed E-state index contributed by atoms with van der Waals surface area (Å²) < 4.78 is 2.07. The Balaban J connectivity index is 1.26. The van der Waals surface area contributed by atoms with E-state index in [1.807, 2.05) is 12.1 Å². The molecule has 0 fully saturated rings. The van der Waals surface area contributed by atoms with Crippen LogP contribution in [-0.2, 0) is 34.4 Å². The molecule has 0 saturated carbocycles. The third-order valence-electron chi connectivity index (χ3n) is 8.06. The number of carbonyl (C=O) groups is 2. The number of primary amides is 1. The zero-order chi connectivity index (χ0) is 32.0. The molecular formula is C37H41N5O3. The molecule has 3 aromatic carbocycles. The van der Waals surface area contributed by atoms with Gasteiger partial charge in [0.15, 0.2) is 0 Å². The van der Waals surface area contributed by atoms with Crippen LogP contribution in [0.5, 0.6) is 5.75 Å². The molecule has 0 aliphatic rings. The van der Waals surface area contributed by atoms with Crippen LogP contribution in [0.25, 0.3) is 22.2 Å². The minimum atomic E-state index is -0.812. The number of unbranched alkanes of at least 4 members (excludes halogenated alkanes) is 1. The molecule has 8 nitrogen and oxygen atoms in total. The maximum atomic E-state index is 12.7. The van der Waals surface area contributed by atoms with E-state index in [1.54, 1.807) is 30.5 Å². The number of nitrogens with zero attached hydrogens (tertiary/aromatic N) is 3. The predicted octanol–water partition coefficient (Wildman–Crippen LogP) is 6.08. The van der Waals surface area contributed by atoms with Gasteiger partial charge >= 0.3 is 0 Å². The number of aryl methyl sites for hydroxylation is 1. The average molecular weight is 604 g/mol. The quantitative estimate of drug-likeness (QED) is 0.149. The highest BCUT2D eigenvalue weighted by atomic mass is 16.3. The molecular weight excluding hydrogens is 562 g/mol. The van der Waals surface area contributed by atoms with Crippen molar-refractivity contribution in [3.8, 4) is 17.0 Å². The van der Waals surface area contributed by atoms with Crippen molar-refractivity contribution in [1.29, 1.82) is 0 Å². The van der Waals surface area contributed by atoms with Gasteiger partial charge in [0.1, 0.15) is 11.8 Å². The first kappa shape index (κ1) is 31.4. The van der Waals surface area contributed by atoms with Gasteiger partial charge in [-0.05, 0) is 77.8 Å². The van der Waals surface area contributed by atoms with Gasteiger partial charge in [-0.1, -0.05) is 69.3 Å². The Hall–Kier alpha value is -4.98. The third-order valence-corrected chi connectivity index (χ3v) is 8.06. The lowest BCUT2D eigenvalue weighted by Gasteiger charge is -2.19. The van der Waals surface area contributed by atoms with Crippen molar-refractivity contribution in [2.45, 2.75) is 70.9 Å². The van der Waals surface area contributed by atoms with Crippen LogP contribution in [0.15, 0.2) is 91.1 Å². The zero-order valence-corrected chi connectivity index (χ0v) is 26.2. The molecule has 5 aromatic rings. The number of nitrogens with two attached hydrogens (primary N) is 1. The van der Waals surface area contributed by atoms with Gasteiger partial charge in [-0.2, -0.15) is 5.10 Å². The van der Waals surface area contributed by atoms with Crippen LogP contribution in [0, 0.1) is 0 Å². The number of pyridine rings is 1. The van der Waals surface area contributed by atoms with Crippen molar-refractivity contribution >= 4 is 22.7 Å². The highest BCUT2D eigenvalue weighted by molar-refractivity contribution is 5.87. The molecule has 4 N–H and O–H groups in total. The van der Waals surface area contributed by atoms with Gasteiger partial charge in [-0.25, -0.2) is 0 Å². The van der Waals surface area contributed by atoms with Gasteiger partial charge in [-0.15, -0.1) is 0 Å². The van der Waals surface area contributed by atoms with Gasteiger partial charge < -0.3 is 16.2 Å². The molecule has 45 heavy (non-hydrogen) atoms. The number of rotatable bonds is 12. The van der Waals surface area contributed by atoms with E-state index >= 15 is 0 Å². The molecule has 0 spiro atoms. The molecule has 0 saturated heterocycles. The summed E-state index contributed by atoms with van der Waals surface area (Å²) in [5, 5.41) is 18.4. The molecule has 2 aromatic heterocycles. The number of nitrogens with one attached hydrogen (secondary N) is 1. The molecule has 8 heteroatoms. The summed E-state index contributed by atoms with van der Waals surface area (Å²) in [6, 6.07) is 26.8. The van der Waals surface area contributed by atoms with E-state index in [4.69, 9.17) is 10.8 Å². The van der Waals surface area contributed by atoms with Gasteiger partial charge in [-0.3, -0.25) is 19.3 Å². The molecule has 5 rings (SSSR count). The van der Waals surface area contributed by atoms with E-state index in [1.165, 1.54) is 11.1 Å².